The first-order chi connectivity index (χ1) is 6.68. The molecule has 0 bridgehead atoms. The summed E-state index contributed by atoms with van der Waals surface area (Å²) in [6.07, 6.45) is -1.44. The summed E-state index contributed by atoms with van der Waals surface area (Å²) in [7, 11) is 0. The van der Waals surface area contributed by atoms with E-state index in [9.17, 15) is 10.2 Å². The molecule has 0 unspecified atom stereocenters. The predicted octanol–water partition coefficient (Wildman–Crippen LogP) is 1.53. The minimum absolute atomic E-state index is 0.508. The van der Waals surface area contributed by atoms with Crippen molar-refractivity contribution in [2.24, 2.45) is 0 Å². The Balaban J connectivity index is 2.80. The Bertz CT molecular complexity index is 466. The normalized spacial score (nSPS) is 11.1. The van der Waals surface area contributed by atoms with E-state index >= 15 is 0 Å². The zero-order valence-electron chi connectivity index (χ0n) is 7.81. The molecule has 3 heteroatoms. The molecule has 1 aromatic heterocycles. The summed E-state index contributed by atoms with van der Waals surface area (Å²) in [6, 6.07) is 9.10. The van der Waals surface area contributed by atoms with Crippen LogP contribution in [0.2, 0.25) is 0 Å². The molecule has 1 aromatic carbocycles. The van der Waals surface area contributed by atoms with Gasteiger partial charge in [0, 0.05) is 16.6 Å². The second-order valence-electron chi connectivity index (χ2n) is 3.24. The molecule has 0 aliphatic rings. The van der Waals surface area contributed by atoms with Gasteiger partial charge in [-0.3, -0.25) is 4.98 Å². The fourth-order valence-electron chi connectivity index (χ4n) is 1.55. The topological polar surface area (TPSA) is 53.4 Å². The molecule has 2 rings (SSSR count). The molecule has 0 aliphatic carbocycles. The highest BCUT2D eigenvalue weighted by Crippen LogP contribution is 2.22. The first-order valence-electron chi connectivity index (χ1n) is 4.41. The molecule has 2 aromatic rings. The molecule has 72 valence electrons. The highest BCUT2D eigenvalue weighted by molar-refractivity contribution is 5.82. The number of benzene rings is 1. The Labute approximate surface area is 81.7 Å². The Hall–Kier alpha value is -1.45. The number of aliphatic hydroxyl groups is 2. The summed E-state index contributed by atoms with van der Waals surface area (Å²) in [5.74, 6) is 0. The Morgan fingerprint density at radius 1 is 1.21 bits per heavy atom. The van der Waals surface area contributed by atoms with Crippen molar-refractivity contribution in [3.8, 4) is 0 Å². The first kappa shape index (κ1) is 9.12. The lowest BCUT2D eigenvalue weighted by Gasteiger charge is -2.08. The molecule has 0 radical (unpaired) electrons. The molecule has 0 atom stereocenters. The zero-order chi connectivity index (χ0) is 10.1. The lowest BCUT2D eigenvalue weighted by molar-refractivity contribution is -0.0413. The maximum absolute atomic E-state index is 9.17. The summed E-state index contributed by atoms with van der Waals surface area (Å²) in [6.45, 7) is 1.83. The molecule has 14 heavy (non-hydrogen) atoms. The third-order valence-corrected chi connectivity index (χ3v) is 2.15. The highest BCUT2D eigenvalue weighted by Gasteiger charge is 2.08. The van der Waals surface area contributed by atoms with Gasteiger partial charge in [0.2, 0.25) is 0 Å². The van der Waals surface area contributed by atoms with Gasteiger partial charge in [0.1, 0.15) is 0 Å². The van der Waals surface area contributed by atoms with E-state index in [2.05, 4.69) is 4.98 Å². The molecule has 3 nitrogen and oxygen atoms in total. The number of aryl methyl sites for hydroxylation is 1. The summed E-state index contributed by atoms with van der Waals surface area (Å²) >= 11 is 0. The number of para-hydroxylation sites is 1. The van der Waals surface area contributed by atoms with Crippen molar-refractivity contribution in [1.29, 1.82) is 0 Å². The lowest BCUT2D eigenvalue weighted by atomic mass is 10.1. The van der Waals surface area contributed by atoms with Gasteiger partial charge in [0.05, 0.1) is 5.52 Å². The molecule has 1 heterocycles. The minimum atomic E-state index is -1.44. The van der Waals surface area contributed by atoms with E-state index in [0.29, 0.717) is 5.56 Å². The van der Waals surface area contributed by atoms with Crippen LogP contribution in [-0.2, 0) is 0 Å². The summed E-state index contributed by atoms with van der Waals surface area (Å²) in [4.78, 5) is 4.30. The van der Waals surface area contributed by atoms with Crippen molar-refractivity contribution in [3.05, 3.63) is 41.6 Å². The second kappa shape index (κ2) is 3.36. The highest BCUT2D eigenvalue weighted by atomic mass is 16.5. The van der Waals surface area contributed by atoms with Crippen molar-refractivity contribution in [3.63, 3.8) is 0 Å². The van der Waals surface area contributed by atoms with Crippen LogP contribution in [0.15, 0.2) is 30.3 Å². The third-order valence-electron chi connectivity index (χ3n) is 2.15. The zero-order valence-corrected chi connectivity index (χ0v) is 7.81. The van der Waals surface area contributed by atoms with Crippen LogP contribution >= 0.6 is 0 Å². The van der Waals surface area contributed by atoms with E-state index in [0.717, 1.165) is 16.6 Å². The number of aliphatic hydroxyl groups excluding tert-OH is 1. The van der Waals surface area contributed by atoms with Crippen molar-refractivity contribution in [2.75, 3.05) is 0 Å². The molecule has 0 fully saturated rings. The van der Waals surface area contributed by atoms with Gasteiger partial charge < -0.3 is 10.2 Å². The lowest BCUT2D eigenvalue weighted by Crippen LogP contribution is -1.98. The van der Waals surface area contributed by atoms with E-state index in [1.54, 1.807) is 6.07 Å². The molecular formula is C11H11NO2. The molecule has 2 N–H and O–H groups in total. The van der Waals surface area contributed by atoms with Crippen LogP contribution in [0.5, 0.6) is 0 Å². The van der Waals surface area contributed by atoms with Gasteiger partial charge in [-0.05, 0) is 19.1 Å². The molecule has 0 aliphatic heterocycles. The van der Waals surface area contributed by atoms with Crippen molar-refractivity contribution in [1.82, 2.24) is 4.98 Å². The summed E-state index contributed by atoms with van der Waals surface area (Å²) < 4.78 is 0. The number of pyridine rings is 1. The number of hydrogen-bond donors (Lipinski definition) is 2. The van der Waals surface area contributed by atoms with Gasteiger partial charge in [0.25, 0.3) is 0 Å². The quantitative estimate of drug-likeness (QED) is 0.669. The van der Waals surface area contributed by atoms with Crippen LogP contribution in [0.25, 0.3) is 10.9 Å². The summed E-state index contributed by atoms with van der Waals surface area (Å²) in [5, 5.41) is 19.1. The maximum atomic E-state index is 9.17. The van der Waals surface area contributed by atoms with Crippen LogP contribution in [0, 0.1) is 6.92 Å². The standard InChI is InChI=1S/C11H11NO2/c1-7-6-9(11(13)14)8-4-2-3-5-10(8)12-7/h2-6,11,13-14H,1H3. The second-order valence-corrected chi connectivity index (χ2v) is 3.24. The van der Waals surface area contributed by atoms with E-state index in [1.807, 2.05) is 31.2 Å². The van der Waals surface area contributed by atoms with Gasteiger partial charge in [0.15, 0.2) is 6.29 Å². The van der Waals surface area contributed by atoms with E-state index in [1.165, 1.54) is 0 Å². The molecule has 0 spiro atoms. The fourth-order valence-corrected chi connectivity index (χ4v) is 1.55. The predicted molar refractivity (Wildman–Crippen MR) is 53.7 cm³/mol. The van der Waals surface area contributed by atoms with Crippen molar-refractivity contribution in [2.45, 2.75) is 13.2 Å². The van der Waals surface area contributed by atoms with Crippen LogP contribution in [0.4, 0.5) is 0 Å². The molecule has 0 saturated carbocycles. The SMILES string of the molecule is Cc1cc(C(O)O)c2ccccc2n1. The van der Waals surface area contributed by atoms with E-state index in [-0.39, 0.29) is 0 Å². The van der Waals surface area contributed by atoms with Gasteiger partial charge in [-0.1, -0.05) is 18.2 Å². The Morgan fingerprint density at radius 2 is 1.93 bits per heavy atom. The minimum Gasteiger partial charge on any atom is -0.364 e. The molecule has 0 amide bonds. The number of fused-ring (bicyclic) bond motifs is 1. The van der Waals surface area contributed by atoms with Crippen LogP contribution in [0.1, 0.15) is 17.5 Å². The smallest absolute Gasteiger partial charge is 0.179 e. The third kappa shape index (κ3) is 1.47. The van der Waals surface area contributed by atoms with Gasteiger partial charge in [-0.15, -0.1) is 0 Å². The van der Waals surface area contributed by atoms with Crippen LogP contribution in [-0.4, -0.2) is 15.2 Å². The average molecular weight is 189 g/mol. The van der Waals surface area contributed by atoms with Gasteiger partial charge >= 0.3 is 0 Å². The average Bonchev–Trinajstić information content (AvgIpc) is 2.16. The van der Waals surface area contributed by atoms with Crippen LogP contribution < -0.4 is 0 Å². The number of rotatable bonds is 1. The Kier molecular flexibility index (Phi) is 2.19. The number of nitrogens with zero attached hydrogens (tertiary/aromatic N) is 1. The van der Waals surface area contributed by atoms with Gasteiger partial charge in [-0.2, -0.15) is 0 Å². The molecule has 0 saturated heterocycles. The maximum Gasteiger partial charge on any atom is 0.179 e. The van der Waals surface area contributed by atoms with Crippen molar-refractivity contribution >= 4 is 10.9 Å². The number of aromatic nitrogens is 1. The monoisotopic (exact) mass is 189 g/mol. The fraction of sp³-hybridized carbons (Fsp3) is 0.182. The number of hydrogen-bond acceptors (Lipinski definition) is 3. The Morgan fingerprint density at radius 3 is 2.64 bits per heavy atom. The van der Waals surface area contributed by atoms with E-state index in [4.69, 9.17) is 0 Å². The van der Waals surface area contributed by atoms with Crippen molar-refractivity contribution < 1.29 is 10.2 Å². The first-order valence-corrected chi connectivity index (χ1v) is 4.41. The summed E-state index contributed by atoms with van der Waals surface area (Å²) in [5.41, 5.74) is 2.08. The molecular weight excluding hydrogens is 178 g/mol. The van der Waals surface area contributed by atoms with Crippen LogP contribution in [0.3, 0.4) is 0 Å². The largest absolute Gasteiger partial charge is 0.364 e. The van der Waals surface area contributed by atoms with E-state index < -0.39 is 6.29 Å². The van der Waals surface area contributed by atoms with Gasteiger partial charge in [-0.25, -0.2) is 0 Å².